The van der Waals surface area contributed by atoms with Gasteiger partial charge in [0.25, 0.3) is 0 Å². The first kappa shape index (κ1) is 27.4. The summed E-state index contributed by atoms with van der Waals surface area (Å²) in [6.07, 6.45) is 8.41. The number of fused-ring (bicyclic) bond motifs is 3. The van der Waals surface area contributed by atoms with E-state index >= 15 is 0 Å². The second-order valence-electron chi connectivity index (χ2n) is 11.4. The van der Waals surface area contributed by atoms with Crippen LogP contribution >= 0.6 is 0 Å². The number of hydrogen-bond acceptors (Lipinski definition) is 4. The number of piperazine rings is 1. The Labute approximate surface area is 232 Å². The first-order valence-corrected chi connectivity index (χ1v) is 14.8. The zero-order chi connectivity index (χ0) is 27.2. The molecule has 3 aliphatic rings. The van der Waals surface area contributed by atoms with Gasteiger partial charge in [-0.05, 0) is 54.0 Å². The van der Waals surface area contributed by atoms with E-state index in [1.165, 1.54) is 30.4 Å². The van der Waals surface area contributed by atoms with E-state index in [-0.39, 0.29) is 23.8 Å². The van der Waals surface area contributed by atoms with E-state index < -0.39 is 6.04 Å². The summed E-state index contributed by atoms with van der Waals surface area (Å²) in [7, 11) is 0. The molecule has 2 aromatic rings. The van der Waals surface area contributed by atoms with Gasteiger partial charge >= 0.3 is 0 Å². The van der Waals surface area contributed by atoms with Crippen LogP contribution in [0.3, 0.4) is 0 Å². The van der Waals surface area contributed by atoms with Gasteiger partial charge in [-0.2, -0.15) is 0 Å². The molecule has 7 nitrogen and oxygen atoms in total. The van der Waals surface area contributed by atoms with Crippen LogP contribution in [0.5, 0.6) is 0 Å². The summed E-state index contributed by atoms with van der Waals surface area (Å²) in [4.78, 5) is 43.1. The summed E-state index contributed by atoms with van der Waals surface area (Å²) in [5.74, 6) is 0.420. The van der Waals surface area contributed by atoms with Crippen molar-refractivity contribution >= 4 is 23.4 Å². The molecule has 2 aromatic carbocycles. The van der Waals surface area contributed by atoms with Gasteiger partial charge < -0.3 is 15.5 Å². The van der Waals surface area contributed by atoms with Gasteiger partial charge in [-0.3, -0.25) is 19.3 Å². The van der Waals surface area contributed by atoms with E-state index in [4.69, 9.17) is 0 Å². The Balaban J connectivity index is 1.22. The van der Waals surface area contributed by atoms with Crippen molar-refractivity contribution in [3.8, 4) is 0 Å². The minimum atomic E-state index is -0.616. The molecular weight excluding hydrogens is 488 g/mol. The predicted octanol–water partition coefficient (Wildman–Crippen LogP) is 4.47. The van der Waals surface area contributed by atoms with Gasteiger partial charge in [-0.1, -0.05) is 62.6 Å². The highest BCUT2D eigenvalue weighted by molar-refractivity contribution is 5.91. The number of carbonyl (C=O) groups excluding carboxylic acids is 3. The first-order valence-electron chi connectivity index (χ1n) is 14.8. The number of hydrogen-bond donors (Lipinski definition) is 2. The van der Waals surface area contributed by atoms with Gasteiger partial charge in [-0.25, -0.2) is 0 Å². The van der Waals surface area contributed by atoms with Crippen LogP contribution in [0, 0.1) is 5.92 Å². The molecule has 2 fully saturated rings. The SMILES string of the molecule is CCC(=O)N[C@H](Cc1ccc(NC(=O)CC2CCCCC2)cc1)C(=O)N1CCN2CCc3ccccc3C2C1. The molecule has 7 heteroatoms. The molecule has 0 radical (unpaired) electrons. The zero-order valence-corrected chi connectivity index (χ0v) is 23.2. The lowest BCUT2D eigenvalue weighted by molar-refractivity contribution is -0.139. The normalized spacial score (nSPS) is 20.4. The number of amides is 3. The van der Waals surface area contributed by atoms with Crippen LogP contribution in [-0.2, 0) is 27.2 Å². The zero-order valence-electron chi connectivity index (χ0n) is 23.2. The van der Waals surface area contributed by atoms with Crippen molar-refractivity contribution < 1.29 is 14.4 Å². The molecular formula is C32H42N4O3. The molecule has 2 heterocycles. The van der Waals surface area contributed by atoms with Crippen LogP contribution in [-0.4, -0.2) is 59.7 Å². The number of carbonyl (C=O) groups is 3. The minimum absolute atomic E-state index is 0.0237. The third-order valence-corrected chi connectivity index (χ3v) is 8.72. The van der Waals surface area contributed by atoms with E-state index in [9.17, 15) is 14.4 Å². The molecule has 1 unspecified atom stereocenters. The summed E-state index contributed by atoms with van der Waals surface area (Å²) in [6, 6.07) is 15.8. The van der Waals surface area contributed by atoms with Crippen molar-refractivity contribution in [2.75, 3.05) is 31.5 Å². The van der Waals surface area contributed by atoms with Crippen molar-refractivity contribution in [1.29, 1.82) is 0 Å². The third kappa shape index (κ3) is 6.88. The number of rotatable bonds is 8. The fourth-order valence-corrected chi connectivity index (χ4v) is 6.48. The molecule has 3 amide bonds. The van der Waals surface area contributed by atoms with Gasteiger partial charge in [0.2, 0.25) is 17.7 Å². The maximum Gasteiger partial charge on any atom is 0.245 e. The Hall–Kier alpha value is -3.19. The molecule has 5 rings (SSSR count). The highest BCUT2D eigenvalue weighted by Crippen LogP contribution is 2.33. The van der Waals surface area contributed by atoms with Crippen LogP contribution in [0.15, 0.2) is 48.5 Å². The summed E-state index contributed by atoms with van der Waals surface area (Å²) in [6.45, 7) is 4.97. The Kier molecular flexibility index (Phi) is 8.97. The van der Waals surface area contributed by atoms with Crippen molar-refractivity contribution in [2.24, 2.45) is 5.92 Å². The standard InChI is InChI=1S/C32H42N4O3/c1-2-30(37)34-28(20-24-12-14-26(15-13-24)33-31(38)21-23-8-4-3-5-9-23)32(39)36-19-18-35-17-16-25-10-6-7-11-27(25)29(35)22-36/h6-7,10-15,23,28-29H,2-5,8-9,16-22H2,1H3,(H,33,38)(H,34,37)/t28-,29?/m1/s1. The molecule has 1 saturated carbocycles. The van der Waals surface area contributed by atoms with E-state index in [1.807, 2.05) is 29.2 Å². The first-order chi connectivity index (χ1) is 19.0. The van der Waals surface area contributed by atoms with Crippen molar-refractivity contribution in [1.82, 2.24) is 15.1 Å². The second kappa shape index (κ2) is 12.8. The summed E-state index contributed by atoms with van der Waals surface area (Å²) >= 11 is 0. The molecule has 208 valence electrons. The maximum absolute atomic E-state index is 13.8. The summed E-state index contributed by atoms with van der Waals surface area (Å²) in [5.41, 5.74) is 4.41. The lowest BCUT2D eigenvalue weighted by Gasteiger charge is -2.45. The number of benzene rings is 2. The predicted molar refractivity (Wildman–Crippen MR) is 153 cm³/mol. The molecule has 1 saturated heterocycles. The Morgan fingerprint density at radius 1 is 0.923 bits per heavy atom. The average Bonchev–Trinajstić information content (AvgIpc) is 2.97. The smallest absolute Gasteiger partial charge is 0.245 e. The molecule has 39 heavy (non-hydrogen) atoms. The van der Waals surface area contributed by atoms with E-state index in [1.54, 1.807) is 6.92 Å². The highest BCUT2D eigenvalue weighted by Gasteiger charge is 2.36. The largest absolute Gasteiger partial charge is 0.344 e. The monoisotopic (exact) mass is 530 g/mol. The second-order valence-corrected chi connectivity index (χ2v) is 11.4. The lowest BCUT2D eigenvalue weighted by Crippen LogP contribution is -2.57. The van der Waals surface area contributed by atoms with Crippen LogP contribution in [0.1, 0.15) is 74.6 Å². The Morgan fingerprint density at radius 2 is 1.69 bits per heavy atom. The van der Waals surface area contributed by atoms with Gasteiger partial charge in [0.1, 0.15) is 6.04 Å². The Bertz CT molecular complexity index is 1160. The molecule has 0 spiro atoms. The van der Waals surface area contributed by atoms with E-state index in [2.05, 4.69) is 39.8 Å². The number of nitrogens with zero attached hydrogens (tertiary/aromatic N) is 2. The summed E-state index contributed by atoms with van der Waals surface area (Å²) in [5, 5.41) is 6.01. The highest BCUT2D eigenvalue weighted by atomic mass is 16.2. The maximum atomic E-state index is 13.8. The van der Waals surface area contributed by atoms with Crippen molar-refractivity contribution in [2.45, 2.75) is 76.8 Å². The van der Waals surface area contributed by atoms with Crippen LogP contribution in [0.2, 0.25) is 0 Å². The number of anilines is 1. The van der Waals surface area contributed by atoms with Gasteiger partial charge in [0.15, 0.2) is 0 Å². The topological polar surface area (TPSA) is 81.8 Å². The van der Waals surface area contributed by atoms with Crippen LogP contribution in [0.25, 0.3) is 0 Å². The van der Waals surface area contributed by atoms with Gasteiger partial charge in [0, 0.05) is 51.1 Å². The lowest BCUT2D eigenvalue weighted by atomic mass is 9.87. The molecule has 1 aliphatic carbocycles. The van der Waals surface area contributed by atoms with Gasteiger partial charge in [-0.15, -0.1) is 0 Å². The number of nitrogens with one attached hydrogen (secondary N) is 2. The molecule has 2 atom stereocenters. The van der Waals surface area contributed by atoms with E-state index in [0.29, 0.717) is 38.3 Å². The third-order valence-electron chi connectivity index (χ3n) is 8.72. The molecule has 0 aromatic heterocycles. The molecule has 2 N–H and O–H groups in total. The molecule has 2 aliphatic heterocycles. The minimum Gasteiger partial charge on any atom is -0.344 e. The van der Waals surface area contributed by atoms with E-state index in [0.717, 1.165) is 43.6 Å². The summed E-state index contributed by atoms with van der Waals surface area (Å²) < 4.78 is 0. The van der Waals surface area contributed by atoms with Crippen molar-refractivity contribution in [3.63, 3.8) is 0 Å². The van der Waals surface area contributed by atoms with Crippen LogP contribution < -0.4 is 10.6 Å². The van der Waals surface area contributed by atoms with Crippen LogP contribution in [0.4, 0.5) is 5.69 Å². The van der Waals surface area contributed by atoms with Gasteiger partial charge in [0.05, 0.1) is 6.04 Å². The fourth-order valence-electron chi connectivity index (χ4n) is 6.48. The van der Waals surface area contributed by atoms with Crippen molar-refractivity contribution in [3.05, 3.63) is 65.2 Å². The fraction of sp³-hybridized carbons (Fsp3) is 0.531. The average molecular weight is 531 g/mol. The Morgan fingerprint density at radius 3 is 2.46 bits per heavy atom. The quantitative estimate of drug-likeness (QED) is 0.528. The molecule has 0 bridgehead atoms.